The molecule has 6 nitrogen and oxygen atoms in total. The maximum absolute atomic E-state index is 12.5. The number of benzene rings is 1. The Morgan fingerprint density at radius 2 is 2.00 bits per heavy atom. The summed E-state index contributed by atoms with van der Waals surface area (Å²) in [6.45, 7) is 0. The third-order valence-corrected chi connectivity index (χ3v) is 5.31. The van der Waals surface area contributed by atoms with Gasteiger partial charge in [0.1, 0.15) is 5.00 Å². The van der Waals surface area contributed by atoms with Crippen molar-refractivity contribution in [2.45, 2.75) is 19.3 Å². The van der Waals surface area contributed by atoms with Crippen molar-refractivity contribution in [1.29, 1.82) is 0 Å². The minimum atomic E-state index is -0.838. The van der Waals surface area contributed by atoms with Gasteiger partial charge in [-0.05, 0) is 43.0 Å². The van der Waals surface area contributed by atoms with Gasteiger partial charge in [0.05, 0.1) is 12.7 Å². The van der Waals surface area contributed by atoms with Gasteiger partial charge in [-0.3, -0.25) is 14.9 Å². The quantitative estimate of drug-likeness (QED) is 0.853. The number of rotatable bonds is 3. The Kier molecular flexibility index (Phi) is 5.06. The highest BCUT2D eigenvalue weighted by molar-refractivity contribution is 7.17. The second kappa shape index (κ2) is 7.25. The van der Waals surface area contributed by atoms with Crippen LogP contribution in [0.25, 0.3) is 0 Å². The van der Waals surface area contributed by atoms with Crippen molar-refractivity contribution >= 4 is 45.8 Å². The number of carbonyl (C=O) groups excluding carboxylic acids is 3. The number of ether oxygens (including phenoxy) is 1. The molecular formula is C17H15ClN2O4S. The van der Waals surface area contributed by atoms with Gasteiger partial charge in [0, 0.05) is 15.5 Å². The molecule has 0 aliphatic heterocycles. The molecule has 25 heavy (non-hydrogen) atoms. The lowest BCUT2D eigenvalue weighted by Gasteiger charge is -2.08. The van der Waals surface area contributed by atoms with Crippen LogP contribution in [-0.2, 0) is 17.6 Å². The molecule has 1 aromatic carbocycles. The van der Waals surface area contributed by atoms with Gasteiger partial charge in [0.2, 0.25) is 0 Å². The van der Waals surface area contributed by atoms with Gasteiger partial charge < -0.3 is 10.1 Å². The fourth-order valence-electron chi connectivity index (χ4n) is 2.74. The van der Waals surface area contributed by atoms with Crippen molar-refractivity contribution in [3.63, 3.8) is 0 Å². The zero-order valence-corrected chi connectivity index (χ0v) is 14.9. The normalized spacial score (nSPS) is 12.4. The molecule has 0 bridgehead atoms. The number of alkyl carbamates (subject to hydrolysis) is 1. The van der Waals surface area contributed by atoms with Gasteiger partial charge in [0.15, 0.2) is 0 Å². The molecular weight excluding hydrogens is 364 g/mol. The second-order valence-electron chi connectivity index (χ2n) is 5.47. The van der Waals surface area contributed by atoms with E-state index in [1.807, 2.05) is 0 Å². The zero-order chi connectivity index (χ0) is 18.0. The number of amides is 3. The number of imide groups is 1. The van der Waals surface area contributed by atoms with E-state index in [-0.39, 0.29) is 5.91 Å². The largest absolute Gasteiger partial charge is 0.453 e. The third kappa shape index (κ3) is 3.67. The van der Waals surface area contributed by atoms with Crippen LogP contribution in [0.4, 0.5) is 9.80 Å². The van der Waals surface area contributed by atoms with Gasteiger partial charge in [0.25, 0.3) is 11.8 Å². The molecule has 0 spiro atoms. The first kappa shape index (κ1) is 17.4. The van der Waals surface area contributed by atoms with Crippen LogP contribution in [0.15, 0.2) is 24.3 Å². The zero-order valence-electron chi connectivity index (χ0n) is 13.3. The summed E-state index contributed by atoms with van der Waals surface area (Å²) in [5.41, 5.74) is 1.60. The van der Waals surface area contributed by atoms with E-state index < -0.39 is 12.0 Å². The first-order valence-corrected chi connectivity index (χ1v) is 8.79. The Labute approximate surface area is 153 Å². The Bertz CT molecular complexity index is 862. The van der Waals surface area contributed by atoms with E-state index in [1.54, 1.807) is 24.3 Å². The van der Waals surface area contributed by atoms with E-state index in [2.05, 4.69) is 15.4 Å². The van der Waals surface area contributed by atoms with Crippen molar-refractivity contribution in [2.24, 2.45) is 0 Å². The second-order valence-corrected chi connectivity index (χ2v) is 7.01. The molecule has 0 fully saturated rings. The maximum atomic E-state index is 12.5. The van der Waals surface area contributed by atoms with Crippen LogP contribution in [0.1, 0.15) is 37.6 Å². The van der Waals surface area contributed by atoms with E-state index >= 15 is 0 Å². The van der Waals surface area contributed by atoms with Crippen molar-refractivity contribution < 1.29 is 19.1 Å². The number of hydrogen-bond acceptors (Lipinski definition) is 5. The smallest absolute Gasteiger partial charge is 0.413 e. The topological polar surface area (TPSA) is 84.5 Å². The standard InChI is InChI=1S/C17H15ClN2O4S/c1-24-17(23)20-15(22)13-11-6-3-7-12(11)25-16(13)19-14(21)9-4-2-5-10(18)8-9/h2,4-5,8H,3,6-7H2,1H3,(H,19,21)(H,20,22,23). The lowest BCUT2D eigenvalue weighted by molar-refractivity contribution is 0.0937. The fraction of sp³-hybridized carbons (Fsp3) is 0.235. The molecule has 3 rings (SSSR count). The highest BCUT2D eigenvalue weighted by Gasteiger charge is 2.28. The number of methoxy groups -OCH3 is 1. The predicted octanol–water partition coefficient (Wildman–Crippen LogP) is 3.64. The summed E-state index contributed by atoms with van der Waals surface area (Å²) in [5.74, 6) is -0.942. The molecule has 1 heterocycles. The first-order valence-electron chi connectivity index (χ1n) is 7.60. The molecule has 0 unspecified atom stereocenters. The van der Waals surface area contributed by atoms with E-state index in [4.69, 9.17) is 11.6 Å². The van der Waals surface area contributed by atoms with Crippen LogP contribution in [0.2, 0.25) is 5.02 Å². The number of halogens is 1. The van der Waals surface area contributed by atoms with Crippen LogP contribution in [0.3, 0.4) is 0 Å². The Morgan fingerprint density at radius 1 is 1.20 bits per heavy atom. The summed E-state index contributed by atoms with van der Waals surface area (Å²) in [4.78, 5) is 37.3. The molecule has 130 valence electrons. The molecule has 0 saturated carbocycles. The SMILES string of the molecule is COC(=O)NC(=O)c1c(NC(=O)c2cccc(Cl)c2)sc2c1CCC2. The molecule has 1 aromatic heterocycles. The highest BCUT2D eigenvalue weighted by atomic mass is 35.5. The van der Waals surface area contributed by atoms with Crippen LogP contribution >= 0.6 is 22.9 Å². The van der Waals surface area contributed by atoms with Gasteiger partial charge in [-0.25, -0.2) is 4.79 Å². The third-order valence-electron chi connectivity index (χ3n) is 3.86. The molecule has 1 aliphatic carbocycles. The molecule has 0 atom stereocenters. The average Bonchev–Trinajstić information content (AvgIpc) is 3.14. The van der Waals surface area contributed by atoms with E-state index in [0.717, 1.165) is 29.7 Å². The Hall–Kier alpha value is -2.38. The molecule has 0 radical (unpaired) electrons. The highest BCUT2D eigenvalue weighted by Crippen LogP contribution is 2.39. The summed E-state index contributed by atoms with van der Waals surface area (Å²) >= 11 is 7.28. The van der Waals surface area contributed by atoms with E-state index in [9.17, 15) is 14.4 Å². The predicted molar refractivity (Wildman–Crippen MR) is 95.6 cm³/mol. The fourth-order valence-corrected chi connectivity index (χ4v) is 4.22. The van der Waals surface area contributed by atoms with Crippen molar-refractivity contribution in [3.8, 4) is 0 Å². The van der Waals surface area contributed by atoms with Crippen LogP contribution < -0.4 is 10.6 Å². The minimum Gasteiger partial charge on any atom is -0.453 e. The molecule has 0 saturated heterocycles. The molecule has 2 aromatic rings. The van der Waals surface area contributed by atoms with Crippen molar-refractivity contribution in [3.05, 3.63) is 50.9 Å². The maximum Gasteiger partial charge on any atom is 0.413 e. The van der Waals surface area contributed by atoms with Gasteiger partial charge in [-0.2, -0.15) is 0 Å². The van der Waals surface area contributed by atoms with Crippen LogP contribution in [0, 0.1) is 0 Å². The monoisotopic (exact) mass is 378 g/mol. The minimum absolute atomic E-state index is 0.332. The summed E-state index contributed by atoms with van der Waals surface area (Å²) in [7, 11) is 1.18. The van der Waals surface area contributed by atoms with Gasteiger partial charge in [-0.15, -0.1) is 11.3 Å². The molecule has 8 heteroatoms. The molecule has 2 N–H and O–H groups in total. The lowest BCUT2D eigenvalue weighted by Crippen LogP contribution is -2.31. The molecule has 3 amide bonds. The van der Waals surface area contributed by atoms with Gasteiger partial charge in [-0.1, -0.05) is 17.7 Å². The number of thiophene rings is 1. The summed E-state index contributed by atoms with van der Waals surface area (Å²) in [6.07, 6.45) is 1.70. The number of anilines is 1. The van der Waals surface area contributed by atoms with E-state index in [1.165, 1.54) is 18.4 Å². The summed E-state index contributed by atoms with van der Waals surface area (Å²) < 4.78 is 4.47. The summed E-state index contributed by atoms with van der Waals surface area (Å²) in [5, 5.41) is 5.80. The number of nitrogens with one attached hydrogen (secondary N) is 2. The first-order chi connectivity index (χ1) is 12.0. The summed E-state index contributed by atoms with van der Waals surface area (Å²) in [6, 6.07) is 6.53. The van der Waals surface area contributed by atoms with Crippen molar-refractivity contribution in [2.75, 3.05) is 12.4 Å². The average molecular weight is 379 g/mol. The van der Waals surface area contributed by atoms with Crippen LogP contribution in [-0.4, -0.2) is 25.0 Å². The van der Waals surface area contributed by atoms with E-state index in [0.29, 0.717) is 21.2 Å². The number of hydrogen-bond donors (Lipinski definition) is 2. The van der Waals surface area contributed by atoms with Crippen LogP contribution in [0.5, 0.6) is 0 Å². The molecule has 1 aliphatic rings. The number of aryl methyl sites for hydroxylation is 1. The number of carbonyl (C=O) groups is 3. The van der Waals surface area contributed by atoms with Crippen molar-refractivity contribution in [1.82, 2.24) is 5.32 Å². The number of fused-ring (bicyclic) bond motifs is 1. The van der Waals surface area contributed by atoms with Gasteiger partial charge >= 0.3 is 6.09 Å². The Balaban J connectivity index is 1.90. The Morgan fingerprint density at radius 3 is 2.72 bits per heavy atom. The lowest BCUT2D eigenvalue weighted by atomic mass is 10.1.